The van der Waals surface area contributed by atoms with E-state index in [1.807, 2.05) is 54.0 Å². The van der Waals surface area contributed by atoms with Gasteiger partial charge in [-0.3, -0.25) is 9.20 Å². The standard InChI is InChI=1S/C19H14N2O2S/c1-23-16-7-5-14(6-8-16)17-18(21-9-10-24-19(21)20-17)15-4-2-3-13(11-15)12-22/h2-12H,1H3. The molecule has 5 heteroatoms. The Bertz CT molecular complexity index is 1020. The molecule has 0 saturated heterocycles. The third-order valence-corrected chi connectivity index (χ3v) is 4.68. The Labute approximate surface area is 143 Å². The third-order valence-electron chi connectivity index (χ3n) is 3.92. The quantitative estimate of drug-likeness (QED) is 0.514. The van der Waals surface area contributed by atoms with Gasteiger partial charge in [0.05, 0.1) is 18.5 Å². The average molecular weight is 334 g/mol. The number of aromatic nitrogens is 2. The Morgan fingerprint density at radius 3 is 2.71 bits per heavy atom. The molecule has 0 aliphatic carbocycles. The van der Waals surface area contributed by atoms with Gasteiger partial charge in [-0.25, -0.2) is 4.98 Å². The highest BCUT2D eigenvalue weighted by molar-refractivity contribution is 7.15. The summed E-state index contributed by atoms with van der Waals surface area (Å²) in [5.74, 6) is 0.810. The molecule has 2 aromatic carbocycles. The van der Waals surface area contributed by atoms with Crippen molar-refractivity contribution in [1.82, 2.24) is 9.38 Å². The highest BCUT2D eigenvalue weighted by atomic mass is 32.1. The molecule has 0 spiro atoms. The largest absolute Gasteiger partial charge is 0.497 e. The van der Waals surface area contributed by atoms with Crippen LogP contribution in [0.2, 0.25) is 0 Å². The van der Waals surface area contributed by atoms with Gasteiger partial charge in [0.25, 0.3) is 0 Å². The normalized spacial score (nSPS) is 10.9. The lowest BCUT2D eigenvalue weighted by atomic mass is 10.0. The van der Waals surface area contributed by atoms with Crippen LogP contribution in [0.15, 0.2) is 60.1 Å². The predicted molar refractivity (Wildman–Crippen MR) is 95.9 cm³/mol. The number of fused-ring (bicyclic) bond motifs is 1. The molecule has 0 aliphatic rings. The maximum absolute atomic E-state index is 11.1. The smallest absolute Gasteiger partial charge is 0.194 e. The summed E-state index contributed by atoms with van der Waals surface area (Å²) >= 11 is 1.59. The summed E-state index contributed by atoms with van der Waals surface area (Å²) in [5, 5.41) is 2.01. The Morgan fingerprint density at radius 2 is 1.96 bits per heavy atom. The number of nitrogens with zero attached hydrogens (tertiary/aromatic N) is 2. The zero-order valence-electron chi connectivity index (χ0n) is 13.0. The first-order valence-electron chi connectivity index (χ1n) is 7.46. The van der Waals surface area contributed by atoms with Gasteiger partial charge in [0, 0.05) is 28.3 Å². The highest BCUT2D eigenvalue weighted by Crippen LogP contribution is 2.35. The van der Waals surface area contributed by atoms with Crippen LogP contribution in [-0.4, -0.2) is 22.8 Å². The van der Waals surface area contributed by atoms with E-state index >= 15 is 0 Å². The molecule has 0 atom stereocenters. The molecule has 118 valence electrons. The second-order valence-corrected chi connectivity index (χ2v) is 6.21. The predicted octanol–water partition coefficient (Wildman–Crippen LogP) is 4.55. The van der Waals surface area contributed by atoms with Crippen LogP contribution in [0.3, 0.4) is 0 Å². The number of hydrogen-bond acceptors (Lipinski definition) is 4. The SMILES string of the molecule is COc1ccc(-c2nc3sccn3c2-c2cccc(C=O)c2)cc1. The van der Waals surface area contributed by atoms with Crippen molar-refractivity contribution in [1.29, 1.82) is 0 Å². The number of imidazole rings is 1. The van der Waals surface area contributed by atoms with Gasteiger partial charge in [0.2, 0.25) is 0 Å². The van der Waals surface area contributed by atoms with Crippen molar-refractivity contribution >= 4 is 22.6 Å². The van der Waals surface area contributed by atoms with E-state index in [0.29, 0.717) is 5.56 Å². The van der Waals surface area contributed by atoms with E-state index < -0.39 is 0 Å². The van der Waals surface area contributed by atoms with E-state index in [2.05, 4.69) is 4.40 Å². The molecule has 0 unspecified atom stereocenters. The molecule has 0 radical (unpaired) electrons. The molecule has 0 saturated carbocycles. The number of benzene rings is 2. The number of aldehydes is 1. The van der Waals surface area contributed by atoms with E-state index in [1.54, 1.807) is 24.5 Å². The van der Waals surface area contributed by atoms with Crippen molar-refractivity contribution in [2.45, 2.75) is 0 Å². The first-order valence-corrected chi connectivity index (χ1v) is 8.33. The molecular weight excluding hydrogens is 320 g/mol. The van der Waals surface area contributed by atoms with Crippen LogP contribution in [0.25, 0.3) is 27.5 Å². The van der Waals surface area contributed by atoms with E-state index in [-0.39, 0.29) is 0 Å². The van der Waals surface area contributed by atoms with E-state index in [9.17, 15) is 4.79 Å². The summed E-state index contributed by atoms with van der Waals surface area (Å²) in [6, 6.07) is 15.4. The van der Waals surface area contributed by atoms with Crippen molar-refractivity contribution in [3.8, 4) is 28.3 Å². The molecule has 0 N–H and O–H groups in total. The van der Waals surface area contributed by atoms with Crippen molar-refractivity contribution in [3.05, 3.63) is 65.7 Å². The van der Waals surface area contributed by atoms with Crippen LogP contribution < -0.4 is 4.74 Å². The minimum atomic E-state index is 0.651. The Morgan fingerprint density at radius 1 is 1.12 bits per heavy atom. The lowest BCUT2D eigenvalue weighted by molar-refractivity contribution is 0.112. The molecule has 0 aliphatic heterocycles. The zero-order valence-corrected chi connectivity index (χ0v) is 13.8. The van der Waals surface area contributed by atoms with Crippen LogP contribution in [-0.2, 0) is 0 Å². The molecule has 4 nitrogen and oxygen atoms in total. The van der Waals surface area contributed by atoms with Gasteiger partial charge in [0.1, 0.15) is 12.0 Å². The minimum absolute atomic E-state index is 0.651. The Kier molecular flexibility index (Phi) is 3.63. The highest BCUT2D eigenvalue weighted by Gasteiger charge is 2.17. The molecule has 0 bridgehead atoms. The second kappa shape index (κ2) is 5.94. The lowest BCUT2D eigenvalue weighted by Crippen LogP contribution is -1.90. The van der Waals surface area contributed by atoms with Gasteiger partial charge in [-0.2, -0.15) is 0 Å². The van der Waals surface area contributed by atoms with E-state index in [1.165, 1.54) is 0 Å². The fourth-order valence-electron chi connectivity index (χ4n) is 2.77. The van der Waals surface area contributed by atoms with Crippen LogP contribution in [0.1, 0.15) is 10.4 Å². The molecule has 24 heavy (non-hydrogen) atoms. The summed E-state index contributed by atoms with van der Waals surface area (Å²) < 4.78 is 7.30. The number of ether oxygens (including phenoxy) is 1. The fraction of sp³-hybridized carbons (Fsp3) is 0.0526. The lowest BCUT2D eigenvalue weighted by Gasteiger charge is -2.06. The maximum atomic E-state index is 11.1. The monoisotopic (exact) mass is 334 g/mol. The van der Waals surface area contributed by atoms with Crippen LogP contribution in [0.5, 0.6) is 5.75 Å². The number of rotatable bonds is 4. The van der Waals surface area contributed by atoms with Gasteiger partial charge in [-0.1, -0.05) is 18.2 Å². The number of hydrogen-bond donors (Lipinski definition) is 0. The van der Waals surface area contributed by atoms with Gasteiger partial charge < -0.3 is 4.74 Å². The second-order valence-electron chi connectivity index (χ2n) is 5.34. The summed E-state index contributed by atoms with van der Waals surface area (Å²) in [7, 11) is 1.65. The molecule has 2 heterocycles. The van der Waals surface area contributed by atoms with Crippen molar-refractivity contribution in [3.63, 3.8) is 0 Å². The van der Waals surface area contributed by atoms with Crippen LogP contribution >= 0.6 is 11.3 Å². The van der Waals surface area contributed by atoms with Crippen LogP contribution in [0.4, 0.5) is 0 Å². The van der Waals surface area contributed by atoms with Gasteiger partial charge in [-0.05, 0) is 30.3 Å². The number of carbonyl (C=O) groups is 1. The van der Waals surface area contributed by atoms with Crippen molar-refractivity contribution in [2.24, 2.45) is 0 Å². The molecular formula is C19H14N2O2S. The molecule has 4 rings (SSSR count). The summed E-state index contributed by atoms with van der Waals surface area (Å²) in [6.07, 6.45) is 2.87. The molecule has 2 aromatic heterocycles. The van der Waals surface area contributed by atoms with Crippen LogP contribution in [0, 0.1) is 0 Å². The Balaban J connectivity index is 1.95. The summed E-state index contributed by atoms with van der Waals surface area (Å²) in [6.45, 7) is 0. The van der Waals surface area contributed by atoms with E-state index in [0.717, 1.165) is 39.5 Å². The molecule has 0 fully saturated rings. The van der Waals surface area contributed by atoms with Gasteiger partial charge in [0.15, 0.2) is 4.96 Å². The topological polar surface area (TPSA) is 43.6 Å². The van der Waals surface area contributed by atoms with Gasteiger partial charge in [-0.15, -0.1) is 11.3 Å². The van der Waals surface area contributed by atoms with Crippen molar-refractivity contribution < 1.29 is 9.53 Å². The van der Waals surface area contributed by atoms with Crippen molar-refractivity contribution in [2.75, 3.05) is 7.11 Å². The number of carbonyl (C=O) groups excluding carboxylic acids is 1. The van der Waals surface area contributed by atoms with Gasteiger partial charge >= 0.3 is 0 Å². The summed E-state index contributed by atoms with van der Waals surface area (Å²) in [4.78, 5) is 16.8. The number of thiazole rings is 1. The number of methoxy groups -OCH3 is 1. The fourth-order valence-corrected chi connectivity index (χ4v) is 3.48. The Hall–Kier alpha value is -2.92. The first-order chi connectivity index (χ1) is 11.8. The minimum Gasteiger partial charge on any atom is -0.497 e. The maximum Gasteiger partial charge on any atom is 0.194 e. The zero-order chi connectivity index (χ0) is 16.5. The summed E-state index contributed by atoms with van der Waals surface area (Å²) in [5.41, 5.74) is 4.51. The molecule has 0 amide bonds. The third kappa shape index (κ3) is 2.39. The molecule has 4 aromatic rings. The van der Waals surface area contributed by atoms with E-state index in [4.69, 9.17) is 9.72 Å². The average Bonchev–Trinajstić information content (AvgIpc) is 3.22. The first kappa shape index (κ1) is 14.7.